The van der Waals surface area contributed by atoms with E-state index in [1.807, 2.05) is 91.0 Å². The van der Waals surface area contributed by atoms with Crippen LogP contribution in [-0.4, -0.2) is 36.0 Å². The molecule has 0 radical (unpaired) electrons. The van der Waals surface area contributed by atoms with Gasteiger partial charge in [0.15, 0.2) is 0 Å². The Morgan fingerprint density at radius 2 is 1.24 bits per heavy atom. The lowest BCUT2D eigenvalue weighted by Gasteiger charge is -2.37. The summed E-state index contributed by atoms with van der Waals surface area (Å²) in [6.45, 7) is 5.67. The van der Waals surface area contributed by atoms with Crippen molar-refractivity contribution in [1.82, 2.24) is 10.6 Å². The summed E-state index contributed by atoms with van der Waals surface area (Å²) >= 11 is 0. The van der Waals surface area contributed by atoms with E-state index in [0.717, 1.165) is 16.7 Å². The van der Waals surface area contributed by atoms with E-state index in [2.05, 4.69) is 10.6 Å². The normalized spacial score (nSPS) is 12.3. The van der Waals surface area contributed by atoms with Crippen molar-refractivity contribution in [1.29, 1.82) is 0 Å². The molecular formula is C31H37N3O4. The zero-order valence-electron chi connectivity index (χ0n) is 22.3. The molecule has 0 spiro atoms. The second kappa shape index (κ2) is 13.0. The fourth-order valence-electron chi connectivity index (χ4n) is 4.30. The molecule has 7 nitrogen and oxygen atoms in total. The number of rotatable bonds is 11. The SMILES string of the molecule is CC(C)(C)OC(=O)CCCNC(=O)[C@@H](N)CC(=O)NC(c1ccccc1)(c1ccccc1)c1ccccc1. The molecule has 0 aliphatic heterocycles. The Morgan fingerprint density at radius 1 is 0.789 bits per heavy atom. The molecule has 0 aliphatic rings. The Labute approximate surface area is 224 Å². The van der Waals surface area contributed by atoms with Crippen LogP contribution in [0.2, 0.25) is 0 Å². The number of nitrogens with two attached hydrogens (primary N) is 1. The van der Waals surface area contributed by atoms with E-state index >= 15 is 0 Å². The van der Waals surface area contributed by atoms with Gasteiger partial charge in [0.05, 0.1) is 12.5 Å². The number of carbonyl (C=O) groups excluding carboxylic acids is 3. The Bertz CT molecular complexity index is 1100. The molecule has 3 aromatic carbocycles. The summed E-state index contributed by atoms with van der Waals surface area (Å²) in [5.74, 6) is -1.14. The molecule has 0 aliphatic carbocycles. The third-order valence-electron chi connectivity index (χ3n) is 5.97. The van der Waals surface area contributed by atoms with E-state index < -0.39 is 23.1 Å². The molecule has 4 N–H and O–H groups in total. The zero-order valence-corrected chi connectivity index (χ0v) is 22.3. The number of benzene rings is 3. The van der Waals surface area contributed by atoms with Crippen LogP contribution in [0.1, 0.15) is 56.7 Å². The maximum absolute atomic E-state index is 13.4. The average Bonchev–Trinajstić information content (AvgIpc) is 2.90. The van der Waals surface area contributed by atoms with E-state index in [1.54, 1.807) is 20.8 Å². The molecule has 38 heavy (non-hydrogen) atoms. The monoisotopic (exact) mass is 515 g/mol. The van der Waals surface area contributed by atoms with Crippen LogP contribution in [0, 0.1) is 0 Å². The van der Waals surface area contributed by atoms with Gasteiger partial charge in [-0.05, 0) is 43.9 Å². The third kappa shape index (κ3) is 7.76. The first kappa shape index (κ1) is 28.6. The molecule has 0 saturated heterocycles. The summed E-state index contributed by atoms with van der Waals surface area (Å²) in [4.78, 5) is 37.9. The summed E-state index contributed by atoms with van der Waals surface area (Å²) in [6, 6.07) is 28.1. The first-order valence-electron chi connectivity index (χ1n) is 12.8. The maximum Gasteiger partial charge on any atom is 0.306 e. The molecule has 0 fully saturated rings. The van der Waals surface area contributed by atoms with Crippen molar-refractivity contribution < 1.29 is 19.1 Å². The highest BCUT2D eigenvalue weighted by Gasteiger charge is 2.38. The lowest BCUT2D eigenvalue weighted by molar-refractivity contribution is -0.155. The van der Waals surface area contributed by atoms with Gasteiger partial charge in [0.1, 0.15) is 11.1 Å². The molecule has 0 heterocycles. The van der Waals surface area contributed by atoms with Crippen molar-refractivity contribution in [2.75, 3.05) is 6.54 Å². The van der Waals surface area contributed by atoms with Crippen LogP contribution in [0.4, 0.5) is 0 Å². The number of hydrogen-bond acceptors (Lipinski definition) is 5. The van der Waals surface area contributed by atoms with Crippen molar-refractivity contribution in [2.24, 2.45) is 5.73 Å². The second-order valence-corrected chi connectivity index (χ2v) is 10.2. The summed E-state index contributed by atoms with van der Waals surface area (Å²) in [7, 11) is 0. The van der Waals surface area contributed by atoms with Crippen LogP contribution in [0.25, 0.3) is 0 Å². The van der Waals surface area contributed by atoms with E-state index in [4.69, 9.17) is 10.5 Å². The minimum Gasteiger partial charge on any atom is -0.460 e. The standard InChI is InChI=1S/C31H37N3O4/c1-30(2,3)38-28(36)20-13-21-33-29(37)26(32)22-27(35)34-31(23-14-7-4-8-15-23,24-16-9-5-10-17-24)25-18-11-6-12-19-25/h4-12,14-19,26H,13,20-22,32H2,1-3H3,(H,33,37)(H,34,35)/t26-/m0/s1. The molecule has 200 valence electrons. The number of esters is 1. The van der Waals surface area contributed by atoms with Gasteiger partial charge in [0.25, 0.3) is 0 Å². The number of carbonyl (C=O) groups is 3. The lowest BCUT2D eigenvalue weighted by atomic mass is 9.77. The predicted molar refractivity (Wildman–Crippen MR) is 148 cm³/mol. The molecule has 3 aromatic rings. The highest BCUT2D eigenvalue weighted by Crippen LogP contribution is 2.36. The number of ether oxygens (including phenoxy) is 1. The fraction of sp³-hybridized carbons (Fsp3) is 0.323. The van der Waals surface area contributed by atoms with E-state index in [9.17, 15) is 14.4 Å². The highest BCUT2D eigenvalue weighted by molar-refractivity contribution is 5.89. The number of nitrogens with one attached hydrogen (secondary N) is 2. The smallest absolute Gasteiger partial charge is 0.306 e. The van der Waals surface area contributed by atoms with Crippen LogP contribution < -0.4 is 16.4 Å². The molecular weight excluding hydrogens is 478 g/mol. The van der Waals surface area contributed by atoms with Gasteiger partial charge in [-0.15, -0.1) is 0 Å². The molecule has 3 rings (SSSR count). The minimum absolute atomic E-state index is 0.182. The van der Waals surface area contributed by atoms with Gasteiger partial charge in [-0.2, -0.15) is 0 Å². The van der Waals surface area contributed by atoms with E-state index in [1.165, 1.54) is 0 Å². The van der Waals surface area contributed by atoms with Crippen LogP contribution in [0.5, 0.6) is 0 Å². The Hall–Kier alpha value is -3.97. The first-order valence-corrected chi connectivity index (χ1v) is 12.8. The van der Waals surface area contributed by atoms with Crippen LogP contribution in [0.3, 0.4) is 0 Å². The van der Waals surface area contributed by atoms with E-state index in [-0.39, 0.29) is 31.3 Å². The maximum atomic E-state index is 13.4. The molecule has 2 amide bonds. The van der Waals surface area contributed by atoms with Crippen LogP contribution >= 0.6 is 0 Å². The van der Waals surface area contributed by atoms with Crippen molar-refractivity contribution in [3.63, 3.8) is 0 Å². The second-order valence-electron chi connectivity index (χ2n) is 10.2. The predicted octanol–water partition coefficient (Wildman–Crippen LogP) is 4.05. The van der Waals surface area contributed by atoms with Crippen molar-refractivity contribution >= 4 is 17.8 Å². The van der Waals surface area contributed by atoms with Gasteiger partial charge in [-0.3, -0.25) is 14.4 Å². The fourth-order valence-corrected chi connectivity index (χ4v) is 4.30. The van der Waals surface area contributed by atoms with Crippen LogP contribution in [-0.2, 0) is 24.7 Å². The van der Waals surface area contributed by atoms with Gasteiger partial charge in [0, 0.05) is 13.0 Å². The molecule has 0 unspecified atom stereocenters. The van der Waals surface area contributed by atoms with Crippen molar-refractivity contribution in [3.05, 3.63) is 108 Å². The topological polar surface area (TPSA) is 111 Å². The average molecular weight is 516 g/mol. The van der Waals surface area contributed by atoms with Crippen LogP contribution in [0.15, 0.2) is 91.0 Å². The van der Waals surface area contributed by atoms with Gasteiger partial charge < -0.3 is 21.1 Å². The highest BCUT2D eigenvalue weighted by atomic mass is 16.6. The van der Waals surface area contributed by atoms with Gasteiger partial charge in [0.2, 0.25) is 11.8 Å². The Kier molecular flexibility index (Phi) is 9.79. The lowest BCUT2D eigenvalue weighted by Crippen LogP contribution is -2.51. The molecule has 7 heteroatoms. The summed E-state index contributed by atoms with van der Waals surface area (Å²) < 4.78 is 5.27. The van der Waals surface area contributed by atoms with Crippen molar-refractivity contribution in [3.8, 4) is 0 Å². The third-order valence-corrected chi connectivity index (χ3v) is 5.97. The number of amides is 2. The summed E-state index contributed by atoms with van der Waals surface area (Å²) in [6.07, 6.45) is 0.395. The minimum atomic E-state index is -1.04. The van der Waals surface area contributed by atoms with Crippen molar-refractivity contribution in [2.45, 2.75) is 57.2 Å². The first-order chi connectivity index (χ1) is 18.1. The summed E-state index contributed by atoms with van der Waals surface area (Å²) in [5, 5.41) is 5.92. The Morgan fingerprint density at radius 3 is 1.66 bits per heavy atom. The summed E-state index contributed by atoms with van der Waals surface area (Å²) in [5.41, 5.74) is 7.22. The quantitative estimate of drug-likeness (QED) is 0.203. The number of hydrogen-bond donors (Lipinski definition) is 3. The van der Waals surface area contributed by atoms with Gasteiger partial charge in [-0.25, -0.2) is 0 Å². The molecule has 0 bridgehead atoms. The van der Waals surface area contributed by atoms with E-state index in [0.29, 0.717) is 6.42 Å². The van der Waals surface area contributed by atoms with Gasteiger partial charge >= 0.3 is 5.97 Å². The Balaban J connectivity index is 1.72. The molecule has 0 aromatic heterocycles. The largest absolute Gasteiger partial charge is 0.460 e. The molecule has 1 atom stereocenters. The molecule has 0 saturated carbocycles. The zero-order chi connectivity index (χ0) is 27.6. The van der Waals surface area contributed by atoms with Gasteiger partial charge in [-0.1, -0.05) is 91.0 Å².